The molecule has 0 bridgehead atoms. The van der Waals surface area contributed by atoms with Crippen LogP contribution in [0.5, 0.6) is 0 Å². The summed E-state index contributed by atoms with van der Waals surface area (Å²) in [5.74, 6) is 0.903. The third-order valence-corrected chi connectivity index (χ3v) is 2.70. The molecule has 0 aromatic carbocycles. The molecule has 2 atom stereocenters. The molecular formula is C9H12N4. The first kappa shape index (κ1) is 8.27. The van der Waals surface area contributed by atoms with Crippen LogP contribution in [-0.4, -0.2) is 9.97 Å². The Morgan fingerprint density at radius 3 is 3.15 bits per heavy atom. The molecule has 1 fully saturated rings. The Morgan fingerprint density at radius 1 is 1.77 bits per heavy atom. The van der Waals surface area contributed by atoms with Gasteiger partial charge in [-0.15, -0.1) is 0 Å². The van der Waals surface area contributed by atoms with Gasteiger partial charge in [-0.25, -0.2) is 4.98 Å². The Labute approximate surface area is 76.8 Å². The number of nitriles is 1. The summed E-state index contributed by atoms with van der Waals surface area (Å²) in [6.45, 7) is 0. The number of nitrogens with zero attached hydrogens (tertiary/aromatic N) is 2. The van der Waals surface area contributed by atoms with Gasteiger partial charge in [0, 0.05) is 18.3 Å². The largest absolute Gasteiger partial charge is 0.347 e. The molecule has 1 aromatic heterocycles. The summed E-state index contributed by atoms with van der Waals surface area (Å²) in [5.41, 5.74) is 5.75. The van der Waals surface area contributed by atoms with Crippen molar-refractivity contribution in [1.82, 2.24) is 9.97 Å². The third-order valence-electron chi connectivity index (χ3n) is 2.70. The van der Waals surface area contributed by atoms with Crippen molar-refractivity contribution in [3.8, 4) is 6.07 Å². The van der Waals surface area contributed by atoms with E-state index in [4.69, 9.17) is 11.0 Å². The summed E-state index contributed by atoms with van der Waals surface area (Å²) >= 11 is 0. The lowest BCUT2D eigenvalue weighted by Gasteiger charge is -2.20. The van der Waals surface area contributed by atoms with E-state index in [0.29, 0.717) is 0 Å². The van der Waals surface area contributed by atoms with Crippen molar-refractivity contribution in [2.75, 3.05) is 0 Å². The Bertz CT molecular complexity index is 324. The highest BCUT2D eigenvalue weighted by Crippen LogP contribution is 2.37. The van der Waals surface area contributed by atoms with Gasteiger partial charge in [0.25, 0.3) is 0 Å². The SMILES string of the molecule is N#C[C@H]1CC[C@@](N)(c2ncc[nH]2)C1. The third kappa shape index (κ3) is 1.31. The standard InChI is InChI=1S/C9H12N4/c10-6-7-1-2-9(11,5-7)8-12-3-4-13-8/h3-4,7H,1-2,5,11H2,(H,12,13)/t7-,9-/m0/s1. The molecule has 4 nitrogen and oxygen atoms in total. The fourth-order valence-electron chi connectivity index (χ4n) is 1.94. The number of hydrogen-bond acceptors (Lipinski definition) is 3. The zero-order valence-corrected chi connectivity index (χ0v) is 7.33. The van der Waals surface area contributed by atoms with Crippen LogP contribution in [0.2, 0.25) is 0 Å². The van der Waals surface area contributed by atoms with Crippen molar-refractivity contribution in [3.63, 3.8) is 0 Å². The minimum atomic E-state index is -0.399. The van der Waals surface area contributed by atoms with Crippen LogP contribution in [-0.2, 0) is 5.54 Å². The first-order valence-electron chi connectivity index (χ1n) is 4.43. The van der Waals surface area contributed by atoms with E-state index in [1.807, 2.05) is 0 Å². The van der Waals surface area contributed by atoms with Crippen LogP contribution in [0.15, 0.2) is 12.4 Å². The van der Waals surface area contributed by atoms with Crippen molar-refractivity contribution in [3.05, 3.63) is 18.2 Å². The molecule has 0 saturated heterocycles. The molecule has 0 radical (unpaired) electrons. The topological polar surface area (TPSA) is 78.5 Å². The van der Waals surface area contributed by atoms with Gasteiger partial charge in [-0.2, -0.15) is 5.26 Å². The van der Waals surface area contributed by atoms with Gasteiger partial charge in [0.2, 0.25) is 0 Å². The van der Waals surface area contributed by atoms with Crippen molar-refractivity contribution in [2.45, 2.75) is 24.8 Å². The predicted octanol–water partition coefficient (Wildman–Crippen LogP) is 0.887. The van der Waals surface area contributed by atoms with Gasteiger partial charge in [0.1, 0.15) is 5.82 Å². The maximum atomic E-state index is 8.76. The van der Waals surface area contributed by atoms with Crippen LogP contribution in [0.25, 0.3) is 0 Å². The molecule has 0 unspecified atom stereocenters. The molecule has 1 aliphatic rings. The molecular weight excluding hydrogens is 164 g/mol. The van der Waals surface area contributed by atoms with E-state index >= 15 is 0 Å². The Hall–Kier alpha value is -1.34. The molecule has 3 N–H and O–H groups in total. The summed E-state index contributed by atoms with van der Waals surface area (Å²) in [6, 6.07) is 2.26. The summed E-state index contributed by atoms with van der Waals surface area (Å²) < 4.78 is 0. The zero-order chi connectivity index (χ0) is 9.31. The van der Waals surface area contributed by atoms with E-state index in [1.165, 1.54) is 0 Å². The van der Waals surface area contributed by atoms with E-state index in [-0.39, 0.29) is 5.92 Å². The van der Waals surface area contributed by atoms with Crippen LogP contribution in [0.4, 0.5) is 0 Å². The normalized spacial score (nSPS) is 33.1. The smallest absolute Gasteiger partial charge is 0.126 e. The number of H-pyrrole nitrogens is 1. The molecule has 1 heterocycles. The monoisotopic (exact) mass is 176 g/mol. The minimum absolute atomic E-state index is 0.0927. The number of aromatic amines is 1. The van der Waals surface area contributed by atoms with Gasteiger partial charge < -0.3 is 10.7 Å². The zero-order valence-electron chi connectivity index (χ0n) is 7.33. The second kappa shape index (κ2) is 2.86. The maximum Gasteiger partial charge on any atom is 0.126 e. The van der Waals surface area contributed by atoms with Gasteiger partial charge in [-0.3, -0.25) is 0 Å². The highest BCUT2D eigenvalue weighted by atomic mass is 15.0. The highest BCUT2D eigenvalue weighted by Gasteiger charge is 2.39. The van der Waals surface area contributed by atoms with Crippen LogP contribution in [0.1, 0.15) is 25.1 Å². The fourth-order valence-corrected chi connectivity index (χ4v) is 1.94. The molecule has 0 spiro atoms. The van der Waals surface area contributed by atoms with E-state index < -0.39 is 5.54 Å². The van der Waals surface area contributed by atoms with E-state index in [2.05, 4.69) is 16.0 Å². The predicted molar refractivity (Wildman–Crippen MR) is 47.4 cm³/mol. The second-order valence-corrected chi connectivity index (χ2v) is 3.66. The fraction of sp³-hybridized carbons (Fsp3) is 0.556. The first-order valence-corrected chi connectivity index (χ1v) is 4.43. The van der Waals surface area contributed by atoms with Crippen molar-refractivity contribution in [1.29, 1.82) is 5.26 Å². The molecule has 1 aromatic rings. The lowest BCUT2D eigenvalue weighted by atomic mass is 9.97. The lowest BCUT2D eigenvalue weighted by molar-refractivity contribution is 0.426. The first-order chi connectivity index (χ1) is 6.24. The van der Waals surface area contributed by atoms with Crippen molar-refractivity contribution >= 4 is 0 Å². The summed E-state index contributed by atoms with van der Waals surface area (Å²) in [4.78, 5) is 7.17. The minimum Gasteiger partial charge on any atom is -0.347 e. The average molecular weight is 176 g/mol. The maximum absolute atomic E-state index is 8.76. The van der Waals surface area contributed by atoms with Crippen molar-refractivity contribution < 1.29 is 0 Å². The quantitative estimate of drug-likeness (QED) is 0.666. The summed E-state index contributed by atoms with van der Waals surface area (Å²) in [6.07, 6.45) is 5.91. The number of imidazole rings is 1. The van der Waals surface area contributed by atoms with E-state index in [0.717, 1.165) is 25.1 Å². The Balaban J connectivity index is 2.21. The van der Waals surface area contributed by atoms with Gasteiger partial charge >= 0.3 is 0 Å². The second-order valence-electron chi connectivity index (χ2n) is 3.66. The summed E-state index contributed by atoms with van der Waals surface area (Å²) in [7, 11) is 0. The molecule has 0 aliphatic heterocycles. The number of nitrogens with two attached hydrogens (primary N) is 1. The number of aromatic nitrogens is 2. The van der Waals surface area contributed by atoms with Gasteiger partial charge in [0.05, 0.1) is 11.6 Å². The van der Waals surface area contributed by atoms with Gasteiger partial charge in [-0.05, 0) is 19.3 Å². The van der Waals surface area contributed by atoms with Crippen molar-refractivity contribution in [2.24, 2.45) is 11.7 Å². The Kier molecular flexibility index (Phi) is 1.82. The molecule has 68 valence electrons. The molecule has 1 saturated carbocycles. The van der Waals surface area contributed by atoms with Crippen LogP contribution in [0.3, 0.4) is 0 Å². The van der Waals surface area contributed by atoms with Crippen LogP contribution >= 0.6 is 0 Å². The molecule has 4 heteroatoms. The Morgan fingerprint density at radius 2 is 2.62 bits per heavy atom. The van der Waals surface area contributed by atoms with Crippen LogP contribution in [0, 0.1) is 17.2 Å². The number of hydrogen-bond donors (Lipinski definition) is 2. The molecule has 0 amide bonds. The highest BCUT2D eigenvalue weighted by molar-refractivity contribution is 5.11. The molecule has 13 heavy (non-hydrogen) atoms. The molecule has 1 aliphatic carbocycles. The van der Waals surface area contributed by atoms with Crippen LogP contribution < -0.4 is 5.73 Å². The average Bonchev–Trinajstić information content (AvgIpc) is 2.72. The lowest BCUT2D eigenvalue weighted by Crippen LogP contribution is -2.34. The molecule has 2 rings (SSSR count). The van der Waals surface area contributed by atoms with E-state index in [9.17, 15) is 0 Å². The summed E-state index contributed by atoms with van der Waals surface area (Å²) in [5, 5.41) is 8.76. The number of rotatable bonds is 1. The van der Waals surface area contributed by atoms with Gasteiger partial charge in [-0.1, -0.05) is 0 Å². The van der Waals surface area contributed by atoms with Gasteiger partial charge in [0.15, 0.2) is 0 Å². The number of nitrogens with one attached hydrogen (secondary N) is 1. The van der Waals surface area contributed by atoms with E-state index in [1.54, 1.807) is 12.4 Å².